The molecule has 1 N–H and O–H groups in total. The molecule has 1 fully saturated rings. The zero-order chi connectivity index (χ0) is 14.5. The van der Waals surface area contributed by atoms with Gasteiger partial charge in [0.2, 0.25) is 0 Å². The molecule has 2 unspecified atom stereocenters. The molecule has 1 aliphatic rings. The lowest BCUT2D eigenvalue weighted by Gasteiger charge is -2.39. The van der Waals surface area contributed by atoms with Crippen molar-refractivity contribution in [1.29, 1.82) is 0 Å². The maximum atomic E-state index is 3.56. The van der Waals surface area contributed by atoms with Crippen molar-refractivity contribution < 1.29 is 0 Å². The molecule has 2 atom stereocenters. The van der Waals surface area contributed by atoms with Crippen LogP contribution in [0.15, 0.2) is 11.4 Å². The third-order valence-electron chi connectivity index (χ3n) is 4.37. The summed E-state index contributed by atoms with van der Waals surface area (Å²) in [7, 11) is 0. The summed E-state index contributed by atoms with van der Waals surface area (Å²) in [6.45, 7) is 15.9. The van der Waals surface area contributed by atoms with E-state index in [9.17, 15) is 0 Å². The molecule has 1 aromatic heterocycles. The third-order valence-corrected chi connectivity index (χ3v) is 5.49. The summed E-state index contributed by atoms with van der Waals surface area (Å²) in [5, 5.41) is 5.80. The highest BCUT2D eigenvalue weighted by Gasteiger charge is 2.27. The average Bonchev–Trinajstić information content (AvgIpc) is 2.86. The molecule has 0 amide bonds. The molecule has 3 nitrogen and oxygen atoms in total. The van der Waals surface area contributed by atoms with Crippen LogP contribution in [0.4, 0.5) is 0 Å². The van der Waals surface area contributed by atoms with Crippen LogP contribution in [-0.4, -0.2) is 55.1 Å². The van der Waals surface area contributed by atoms with Crippen molar-refractivity contribution in [2.45, 2.75) is 39.8 Å². The van der Waals surface area contributed by atoms with E-state index >= 15 is 0 Å². The van der Waals surface area contributed by atoms with E-state index in [2.05, 4.69) is 54.3 Å². The van der Waals surface area contributed by atoms with Gasteiger partial charge in [-0.05, 0) is 43.9 Å². The SMILES string of the molecule is CCN(CC)CC(c1sccc1C)N1CCNC(C)C1. The summed E-state index contributed by atoms with van der Waals surface area (Å²) in [4.78, 5) is 6.79. The molecule has 0 aromatic carbocycles. The number of hydrogen-bond donors (Lipinski definition) is 1. The second-order valence-electron chi connectivity index (χ2n) is 5.82. The van der Waals surface area contributed by atoms with E-state index < -0.39 is 0 Å². The molecule has 0 bridgehead atoms. The maximum Gasteiger partial charge on any atom is 0.0572 e. The van der Waals surface area contributed by atoms with Crippen LogP contribution >= 0.6 is 11.3 Å². The van der Waals surface area contributed by atoms with Gasteiger partial charge in [-0.25, -0.2) is 0 Å². The lowest BCUT2D eigenvalue weighted by atomic mass is 10.1. The standard InChI is InChI=1S/C16H29N3S/c1-5-18(6-2)12-15(16-13(3)7-10-20-16)19-9-8-17-14(4)11-19/h7,10,14-15,17H,5-6,8-9,11-12H2,1-4H3. The summed E-state index contributed by atoms with van der Waals surface area (Å²) in [6, 6.07) is 3.42. The molecule has 0 radical (unpaired) electrons. The van der Waals surface area contributed by atoms with E-state index in [1.54, 1.807) is 4.88 Å². The van der Waals surface area contributed by atoms with Crippen LogP contribution in [-0.2, 0) is 0 Å². The number of likely N-dealkylation sites (N-methyl/N-ethyl adjacent to an activating group) is 1. The highest BCUT2D eigenvalue weighted by Crippen LogP contribution is 2.30. The molecule has 0 spiro atoms. The molecule has 2 rings (SSSR count). The van der Waals surface area contributed by atoms with E-state index in [1.807, 2.05) is 11.3 Å². The van der Waals surface area contributed by atoms with Gasteiger partial charge in [0.15, 0.2) is 0 Å². The van der Waals surface area contributed by atoms with Crippen molar-refractivity contribution >= 4 is 11.3 Å². The van der Waals surface area contributed by atoms with Crippen molar-refractivity contribution in [1.82, 2.24) is 15.1 Å². The lowest BCUT2D eigenvalue weighted by molar-refractivity contribution is 0.114. The van der Waals surface area contributed by atoms with Crippen molar-refractivity contribution in [2.24, 2.45) is 0 Å². The Morgan fingerprint density at radius 1 is 1.45 bits per heavy atom. The first kappa shape index (κ1) is 16.0. The number of nitrogens with one attached hydrogen (secondary N) is 1. The van der Waals surface area contributed by atoms with E-state index in [-0.39, 0.29) is 0 Å². The monoisotopic (exact) mass is 295 g/mol. The predicted molar refractivity (Wildman–Crippen MR) is 88.6 cm³/mol. The van der Waals surface area contributed by atoms with Gasteiger partial charge in [0, 0.05) is 37.1 Å². The number of thiophene rings is 1. The molecule has 20 heavy (non-hydrogen) atoms. The largest absolute Gasteiger partial charge is 0.312 e. The fourth-order valence-corrected chi connectivity index (χ4v) is 4.12. The minimum Gasteiger partial charge on any atom is -0.312 e. The van der Waals surface area contributed by atoms with Crippen LogP contribution in [0.2, 0.25) is 0 Å². The molecule has 114 valence electrons. The molecule has 0 saturated carbocycles. The molecule has 1 aliphatic heterocycles. The Bertz CT molecular complexity index is 400. The van der Waals surface area contributed by atoms with Crippen LogP contribution in [0.3, 0.4) is 0 Å². The van der Waals surface area contributed by atoms with Gasteiger partial charge in [0.25, 0.3) is 0 Å². The van der Waals surface area contributed by atoms with Gasteiger partial charge in [-0.2, -0.15) is 0 Å². The highest BCUT2D eigenvalue weighted by molar-refractivity contribution is 7.10. The minimum atomic E-state index is 0.555. The molecule has 4 heteroatoms. The predicted octanol–water partition coefficient (Wildman–Crippen LogP) is 2.73. The highest BCUT2D eigenvalue weighted by atomic mass is 32.1. The first-order valence-electron chi connectivity index (χ1n) is 7.89. The lowest BCUT2D eigenvalue weighted by Crippen LogP contribution is -2.52. The number of aryl methyl sites for hydroxylation is 1. The van der Waals surface area contributed by atoms with E-state index in [0.717, 1.165) is 39.3 Å². The van der Waals surface area contributed by atoms with Crippen LogP contribution in [0, 0.1) is 6.92 Å². The third kappa shape index (κ3) is 3.82. The smallest absolute Gasteiger partial charge is 0.0572 e. The molecule has 2 heterocycles. The molecule has 0 aliphatic carbocycles. The van der Waals surface area contributed by atoms with Gasteiger partial charge < -0.3 is 10.2 Å². The summed E-state index contributed by atoms with van der Waals surface area (Å²) >= 11 is 1.93. The van der Waals surface area contributed by atoms with Gasteiger partial charge >= 0.3 is 0 Å². The summed E-state index contributed by atoms with van der Waals surface area (Å²) in [5.74, 6) is 0. The zero-order valence-electron chi connectivity index (χ0n) is 13.4. The Balaban J connectivity index is 2.17. The van der Waals surface area contributed by atoms with Gasteiger partial charge in [-0.15, -0.1) is 11.3 Å². The fraction of sp³-hybridized carbons (Fsp3) is 0.750. The minimum absolute atomic E-state index is 0.555. The second-order valence-corrected chi connectivity index (χ2v) is 6.77. The Hall–Kier alpha value is -0.420. The van der Waals surface area contributed by atoms with Gasteiger partial charge in [-0.1, -0.05) is 13.8 Å². The first-order chi connectivity index (χ1) is 9.65. The first-order valence-corrected chi connectivity index (χ1v) is 8.77. The number of nitrogens with zero attached hydrogens (tertiary/aromatic N) is 2. The number of rotatable bonds is 6. The second kappa shape index (κ2) is 7.55. The Kier molecular flexibility index (Phi) is 6.02. The quantitative estimate of drug-likeness (QED) is 0.870. The summed E-state index contributed by atoms with van der Waals surface area (Å²) < 4.78 is 0. The molecule has 1 aromatic rings. The van der Waals surface area contributed by atoms with Crippen molar-refractivity contribution in [3.05, 3.63) is 21.9 Å². The Labute approximate surface area is 128 Å². The molecular formula is C16H29N3S. The van der Waals surface area contributed by atoms with Gasteiger partial charge in [0.1, 0.15) is 0 Å². The average molecular weight is 295 g/mol. The van der Waals surface area contributed by atoms with Crippen LogP contribution in [0.5, 0.6) is 0 Å². The van der Waals surface area contributed by atoms with Crippen LogP contribution in [0.1, 0.15) is 37.3 Å². The number of hydrogen-bond acceptors (Lipinski definition) is 4. The van der Waals surface area contributed by atoms with Gasteiger partial charge in [-0.3, -0.25) is 4.90 Å². The Morgan fingerprint density at radius 3 is 2.75 bits per heavy atom. The fourth-order valence-electron chi connectivity index (χ4n) is 3.06. The van der Waals surface area contributed by atoms with Crippen molar-refractivity contribution in [3.63, 3.8) is 0 Å². The van der Waals surface area contributed by atoms with Crippen LogP contribution < -0.4 is 5.32 Å². The number of piperazine rings is 1. The van der Waals surface area contributed by atoms with Crippen molar-refractivity contribution in [3.8, 4) is 0 Å². The normalized spacial score (nSPS) is 22.4. The molecular weight excluding hydrogens is 266 g/mol. The Morgan fingerprint density at radius 2 is 2.20 bits per heavy atom. The maximum absolute atomic E-state index is 3.56. The summed E-state index contributed by atoms with van der Waals surface area (Å²) in [6.07, 6.45) is 0. The van der Waals surface area contributed by atoms with Crippen LogP contribution in [0.25, 0.3) is 0 Å². The van der Waals surface area contributed by atoms with Crippen molar-refractivity contribution in [2.75, 3.05) is 39.3 Å². The van der Waals surface area contributed by atoms with E-state index in [4.69, 9.17) is 0 Å². The topological polar surface area (TPSA) is 18.5 Å². The molecule has 1 saturated heterocycles. The zero-order valence-corrected chi connectivity index (χ0v) is 14.2. The summed E-state index contributed by atoms with van der Waals surface area (Å²) in [5.41, 5.74) is 1.46. The van der Waals surface area contributed by atoms with E-state index in [0.29, 0.717) is 12.1 Å². The van der Waals surface area contributed by atoms with E-state index in [1.165, 1.54) is 5.56 Å². The van der Waals surface area contributed by atoms with Gasteiger partial charge in [0.05, 0.1) is 6.04 Å².